The summed E-state index contributed by atoms with van der Waals surface area (Å²) in [5.74, 6) is 0.256. The molecule has 0 amide bonds. The molecule has 21 heavy (non-hydrogen) atoms. The lowest BCUT2D eigenvalue weighted by Crippen LogP contribution is -2.15. The first-order valence-electron chi connectivity index (χ1n) is 6.23. The van der Waals surface area contributed by atoms with Gasteiger partial charge < -0.3 is 19.4 Å². The average Bonchev–Trinajstić information content (AvgIpc) is 2.87. The van der Waals surface area contributed by atoms with Crippen molar-refractivity contribution in [3.63, 3.8) is 0 Å². The Kier molecular flexibility index (Phi) is 4.60. The average molecular weight is 293 g/mol. The summed E-state index contributed by atoms with van der Waals surface area (Å²) in [7, 11) is 1.54. The van der Waals surface area contributed by atoms with Crippen molar-refractivity contribution in [3.05, 3.63) is 24.3 Å². The zero-order valence-corrected chi connectivity index (χ0v) is 11.6. The van der Waals surface area contributed by atoms with Crippen LogP contribution in [0.3, 0.4) is 0 Å². The van der Waals surface area contributed by atoms with E-state index in [1.807, 2.05) is 0 Å². The van der Waals surface area contributed by atoms with Gasteiger partial charge in [0.15, 0.2) is 6.61 Å². The maximum Gasteiger partial charge on any atom is 0.344 e. The predicted molar refractivity (Wildman–Crippen MR) is 71.3 cm³/mol. The zero-order chi connectivity index (χ0) is 15.2. The van der Waals surface area contributed by atoms with Gasteiger partial charge in [0.2, 0.25) is 5.82 Å². The third-order valence-electron chi connectivity index (χ3n) is 2.52. The molecule has 0 aliphatic heterocycles. The largest absolute Gasteiger partial charge is 0.497 e. The van der Waals surface area contributed by atoms with Crippen LogP contribution in [-0.4, -0.2) is 46.4 Å². The zero-order valence-electron chi connectivity index (χ0n) is 11.6. The topological polar surface area (TPSA) is 95.7 Å². The van der Waals surface area contributed by atoms with Crippen molar-refractivity contribution in [3.8, 4) is 23.1 Å². The first kappa shape index (κ1) is 14.6. The summed E-state index contributed by atoms with van der Waals surface area (Å²) in [4.78, 5) is 15.8. The molecule has 0 aliphatic carbocycles. The smallest absolute Gasteiger partial charge is 0.344 e. The van der Waals surface area contributed by atoms with Gasteiger partial charge in [-0.25, -0.2) is 4.79 Å². The Balaban J connectivity index is 2.13. The number of aromatic nitrogens is 3. The minimum Gasteiger partial charge on any atom is -0.497 e. The molecule has 2 aromatic rings. The van der Waals surface area contributed by atoms with Gasteiger partial charge in [-0.15, -0.1) is 0 Å². The number of hydrogen-bond donors (Lipinski definition) is 1. The second-order valence-electron chi connectivity index (χ2n) is 3.93. The lowest BCUT2D eigenvalue weighted by Gasteiger charge is -2.02. The van der Waals surface area contributed by atoms with Crippen molar-refractivity contribution >= 4 is 5.97 Å². The highest BCUT2D eigenvalue weighted by molar-refractivity contribution is 5.70. The van der Waals surface area contributed by atoms with E-state index in [0.29, 0.717) is 16.2 Å². The van der Waals surface area contributed by atoms with Gasteiger partial charge in [0.25, 0.3) is 0 Å². The van der Waals surface area contributed by atoms with Gasteiger partial charge in [-0.3, -0.25) is 0 Å². The Bertz CT molecular complexity index is 626. The summed E-state index contributed by atoms with van der Waals surface area (Å²) in [6.45, 7) is 1.63. The Morgan fingerprint density at radius 3 is 2.95 bits per heavy atom. The highest BCUT2D eigenvalue weighted by Crippen LogP contribution is 2.23. The molecule has 0 bridgehead atoms. The van der Waals surface area contributed by atoms with Gasteiger partial charge in [-0.05, 0) is 19.1 Å². The molecule has 0 fully saturated rings. The SMILES string of the molecule is CCOC(=O)COc1nc(-c2cccc(OC)c2)n(O)n1. The molecule has 1 aromatic carbocycles. The summed E-state index contributed by atoms with van der Waals surface area (Å²) >= 11 is 0. The van der Waals surface area contributed by atoms with Crippen molar-refractivity contribution < 1.29 is 24.2 Å². The maximum absolute atomic E-state index is 11.2. The number of nitrogens with zero attached hydrogens (tertiary/aromatic N) is 3. The highest BCUT2D eigenvalue weighted by atomic mass is 16.6. The summed E-state index contributed by atoms with van der Waals surface area (Å²) < 4.78 is 14.9. The fraction of sp³-hybridized carbons (Fsp3) is 0.308. The van der Waals surface area contributed by atoms with Gasteiger partial charge in [-0.1, -0.05) is 22.1 Å². The number of ether oxygens (including phenoxy) is 3. The first-order chi connectivity index (χ1) is 10.1. The van der Waals surface area contributed by atoms with Crippen LogP contribution >= 0.6 is 0 Å². The molecule has 8 heteroatoms. The molecule has 1 heterocycles. The molecule has 0 aliphatic rings. The van der Waals surface area contributed by atoms with E-state index in [-0.39, 0.29) is 25.0 Å². The van der Waals surface area contributed by atoms with Gasteiger partial charge in [0, 0.05) is 5.56 Å². The Morgan fingerprint density at radius 2 is 2.24 bits per heavy atom. The Morgan fingerprint density at radius 1 is 1.43 bits per heavy atom. The van der Waals surface area contributed by atoms with Gasteiger partial charge in [-0.2, -0.15) is 4.98 Å². The number of rotatable bonds is 6. The first-order valence-corrected chi connectivity index (χ1v) is 6.23. The van der Waals surface area contributed by atoms with E-state index >= 15 is 0 Å². The highest BCUT2D eigenvalue weighted by Gasteiger charge is 2.14. The Labute approximate surface area is 120 Å². The fourth-order valence-electron chi connectivity index (χ4n) is 1.62. The molecule has 0 unspecified atom stereocenters. The molecule has 0 saturated carbocycles. The van der Waals surface area contributed by atoms with E-state index in [1.165, 1.54) is 7.11 Å². The third-order valence-corrected chi connectivity index (χ3v) is 2.52. The van der Waals surface area contributed by atoms with Crippen LogP contribution in [0.5, 0.6) is 11.8 Å². The van der Waals surface area contributed by atoms with Gasteiger partial charge >= 0.3 is 12.0 Å². The molecular weight excluding hydrogens is 278 g/mol. The minimum absolute atomic E-state index is 0.122. The molecular formula is C13H15N3O5. The van der Waals surface area contributed by atoms with Crippen LogP contribution in [-0.2, 0) is 9.53 Å². The van der Waals surface area contributed by atoms with Crippen LogP contribution in [0.15, 0.2) is 24.3 Å². The Hall–Kier alpha value is -2.77. The molecule has 0 spiro atoms. The molecule has 1 N–H and O–H groups in total. The van der Waals surface area contributed by atoms with Crippen molar-refractivity contribution in [1.29, 1.82) is 0 Å². The number of hydrogen-bond acceptors (Lipinski definition) is 7. The number of carbonyl (C=O) groups is 1. The van der Waals surface area contributed by atoms with Crippen molar-refractivity contribution in [2.45, 2.75) is 6.92 Å². The molecule has 8 nitrogen and oxygen atoms in total. The summed E-state index contributed by atoms with van der Waals surface area (Å²) in [6, 6.07) is 6.81. The van der Waals surface area contributed by atoms with Crippen molar-refractivity contribution in [1.82, 2.24) is 14.9 Å². The molecule has 112 valence electrons. The van der Waals surface area contributed by atoms with E-state index in [4.69, 9.17) is 14.2 Å². The fourth-order valence-corrected chi connectivity index (χ4v) is 1.62. The quantitative estimate of drug-likeness (QED) is 0.630. The summed E-state index contributed by atoms with van der Waals surface area (Å²) in [5.41, 5.74) is 0.593. The van der Waals surface area contributed by atoms with E-state index in [2.05, 4.69) is 10.1 Å². The summed E-state index contributed by atoms with van der Waals surface area (Å²) in [5, 5.41) is 13.4. The molecule has 0 saturated heterocycles. The third kappa shape index (κ3) is 3.62. The predicted octanol–water partition coefficient (Wildman–Crippen LogP) is 1.13. The van der Waals surface area contributed by atoms with E-state index in [9.17, 15) is 10.0 Å². The monoisotopic (exact) mass is 293 g/mol. The number of methoxy groups -OCH3 is 1. The number of benzene rings is 1. The van der Waals surface area contributed by atoms with E-state index < -0.39 is 5.97 Å². The van der Waals surface area contributed by atoms with Crippen LogP contribution in [0, 0.1) is 0 Å². The van der Waals surface area contributed by atoms with Gasteiger partial charge in [0.1, 0.15) is 5.75 Å². The molecule has 2 rings (SSSR count). The van der Waals surface area contributed by atoms with Crippen LogP contribution in [0.2, 0.25) is 0 Å². The molecule has 0 radical (unpaired) electrons. The van der Waals surface area contributed by atoms with Crippen LogP contribution in [0.4, 0.5) is 0 Å². The lowest BCUT2D eigenvalue weighted by atomic mass is 10.2. The number of esters is 1. The van der Waals surface area contributed by atoms with Gasteiger partial charge in [0.05, 0.1) is 13.7 Å². The van der Waals surface area contributed by atoms with E-state index in [1.54, 1.807) is 31.2 Å². The van der Waals surface area contributed by atoms with Crippen LogP contribution in [0.25, 0.3) is 11.4 Å². The molecule has 0 atom stereocenters. The maximum atomic E-state index is 11.2. The second kappa shape index (κ2) is 6.60. The normalized spacial score (nSPS) is 10.2. The van der Waals surface area contributed by atoms with Crippen LogP contribution in [0.1, 0.15) is 6.92 Å². The minimum atomic E-state index is -0.533. The van der Waals surface area contributed by atoms with Crippen molar-refractivity contribution in [2.24, 2.45) is 0 Å². The second-order valence-corrected chi connectivity index (χ2v) is 3.93. The van der Waals surface area contributed by atoms with Crippen molar-refractivity contribution in [2.75, 3.05) is 20.3 Å². The standard InChI is InChI=1S/C13H15N3O5/c1-3-20-11(17)8-21-13-14-12(16(18)15-13)9-5-4-6-10(7-9)19-2/h4-7,18H,3,8H2,1-2H3. The summed E-state index contributed by atoms with van der Waals surface area (Å²) in [6.07, 6.45) is 0. The molecule has 1 aromatic heterocycles. The van der Waals surface area contributed by atoms with E-state index in [0.717, 1.165) is 0 Å². The lowest BCUT2D eigenvalue weighted by molar-refractivity contribution is -0.145. The number of carbonyl (C=O) groups excluding carboxylic acids is 1. The van der Waals surface area contributed by atoms with Crippen LogP contribution < -0.4 is 9.47 Å².